The van der Waals surface area contributed by atoms with Gasteiger partial charge in [-0.2, -0.15) is 0 Å². The van der Waals surface area contributed by atoms with Gasteiger partial charge in [-0.1, -0.05) is 6.92 Å². The van der Waals surface area contributed by atoms with E-state index in [0.717, 1.165) is 18.8 Å². The molecule has 2 rings (SSSR count). The average molecular weight is 297 g/mol. The molecule has 2 aliphatic carbocycles. The molecule has 4 heteroatoms. The second-order valence-corrected chi connectivity index (χ2v) is 7.09. The minimum atomic E-state index is -0.633. The van der Waals surface area contributed by atoms with E-state index in [1.54, 1.807) is 0 Å². The van der Waals surface area contributed by atoms with Crippen molar-refractivity contribution < 1.29 is 14.6 Å². The van der Waals surface area contributed by atoms with Gasteiger partial charge in [-0.3, -0.25) is 4.79 Å². The molecule has 0 aliphatic heterocycles. The molecule has 0 saturated heterocycles. The van der Waals surface area contributed by atoms with Crippen molar-refractivity contribution in [3.05, 3.63) is 0 Å². The Hall–Kier alpha value is -0.610. The fraction of sp³-hybridized carbons (Fsp3) is 0.941. The zero-order chi connectivity index (χ0) is 15.3. The van der Waals surface area contributed by atoms with E-state index in [-0.39, 0.29) is 11.9 Å². The van der Waals surface area contributed by atoms with E-state index in [1.807, 2.05) is 6.92 Å². The predicted octanol–water partition coefficient (Wildman–Crippen LogP) is 2.64. The van der Waals surface area contributed by atoms with Gasteiger partial charge in [0.2, 0.25) is 0 Å². The molecule has 0 aromatic carbocycles. The van der Waals surface area contributed by atoms with Gasteiger partial charge in [0.05, 0.1) is 18.1 Å². The van der Waals surface area contributed by atoms with Crippen LogP contribution in [0.25, 0.3) is 0 Å². The van der Waals surface area contributed by atoms with E-state index in [1.165, 1.54) is 25.7 Å². The number of hydrogen-bond acceptors (Lipinski definition) is 4. The Morgan fingerprint density at radius 2 is 1.81 bits per heavy atom. The highest BCUT2D eigenvalue weighted by atomic mass is 16.5. The zero-order valence-electron chi connectivity index (χ0n) is 13.6. The fourth-order valence-electron chi connectivity index (χ4n) is 3.63. The van der Waals surface area contributed by atoms with E-state index in [9.17, 15) is 9.90 Å². The van der Waals surface area contributed by atoms with Crippen LogP contribution in [0, 0.1) is 11.8 Å². The number of esters is 1. The van der Waals surface area contributed by atoms with Crippen LogP contribution in [0.4, 0.5) is 0 Å². The van der Waals surface area contributed by atoms with Crippen molar-refractivity contribution >= 4 is 5.97 Å². The molecule has 0 atom stereocenters. The molecule has 0 aromatic rings. The number of nitrogens with one attached hydrogen (secondary N) is 1. The molecule has 4 nitrogen and oxygen atoms in total. The van der Waals surface area contributed by atoms with Gasteiger partial charge in [0.1, 0.15) is 0 Å². The number of carbonyl (C=O) groups is 1. The summed E-state index contributed by atoms with van der Waals surface area (Å²) in [6.07, 6.45) is 7.93. The van der Waals surface area contributed by atoms with Crippen LogP contribution in [0.5, 0.6) is 0 Å². The van der Waals surface area contributed by atoms with Crippen LogP contribution >= 0.6 is 0 Å². The summed E-state index contributed by atoms with van der Waals surface area (Å²) in [5.41, 5.74) is -0.633. The quantitative estimate of drug-likeness (QED) is 0.766. The lowest BCUT2D eigenvalue weighted by molar-refractivity contribution is -0.151. The smallest absolute Gasteiger partial charge is 0.308 e. The topological polar surface area (TPSA) is 58.6 Å². The largest absolute Gasteiger partial charge is 0.466 e. The molecule has 21 heavy (non-hydrogen) atoms. The summed E-state index contributed by atoms with van der Waals surface area (Å²) in [6, 6.07) is 0.563. The maximum atomic E-state index is 11.7. The van der Waals surface area contributed by atoms with Crippen molar-refractivity contribution in [3.8, 4) is 0 Å². The Morgan fingerprint density at radius 1 is 1.19 bits per heavy atom. The molecule has 2 saturated carbocycles. The van der Waals surface area contributed by atoms with Gasteiger partial charge >= 0.3 is 5.97 Å². The Morgan fingerprint density at radius 3 is 2.38 bits per heavy atom. The molecule has 0 bridgehead atoms. The molecule has 0 unspecified atom stereocenters. The second kappa shape index (κ2) is 7.59. The predicted molar refractivity (Wildman–Crippen MR) is 83.0 cm³/mol. The number of hydrogen-bond donors (Lipinski definition) is 2. The van der Waals surface area contributed by atoms with Crippen molar-refractivity contribution in [2.75, 3.05) is 13.2 Å². The lowest BCUT2D eigenvalue weighted by Crippen LogP contribution is -2.48. The first-order valence-corrected chi connectivity index (χ1v) is 8.65. The average Bonchev–Trinajstić information content (AvgIpc) is 2.48. The Bertz CT molecular complexity index is 329. The van der Waals surface area contributed by atoms with Crippen LogP contribution < -0.4 is 5.32 Å². The second-order valence-electron chi connectivity index (χ2n) is 7.09. The number of carbonyl (C=O) groups excluding carboxylic acids is 1. The fourth-order valence-corrected chi connectivity index (χ4v) is 3.63. The summed E-state index contributed by atoms with van der Waals surface area (Å²) < 4.78 is 5.08. The normalized spacial score (nSPS) is 37.2. The highest BCUT2D eigenvalue weighted by Crippen LogP contribution is 2.33. The van der Waals surface area contributed by atoms with E-state index in [0.29, 0.717) is 32.0 Å². The first kappa shape index (κ1) is 16.8. The van der Waals surface area contributed by atoms with Gasteiger partial charge in [0, 0.05) is 12.6 Å². The van der Waals surface area contributed by atoms with Crippen molar-refractivity contribution in [1.82, 2.24) is 5.32 Å². The van der Waals surface area contributed by atoms with E-state index in [4.69, 9.17) is 4.74 Å². The van der Waals surface area contributed by atoms with Gasteiger partial charge in [-0.05, 0) is 64.2 Å². The van der Waals surface area contributed by atoms with Crippen LogP contribution in [-0.4, -0.2) is 35.9 Å². The number of aliphatic hydroxyl groups is 1. The summed E-state index contributed by atoms with van der Waals surface area (Å²) in [5.74, 6) is 0.751. The zero-order valence-corrected chi connectivity index (χ0v) is 13.6. The SMILES string of the molecule is CCOC(=O)C1CCC(O)(CNC2CCC(C)CC2)CC1. The molecule has 0 radical (unpaired) electrons. The summed E-state index contributed by atoms with van der Waals surface area (Å²) >= 11 is 0. The van der Waals surface area contributed by atoms with E-state index in [2.05, 4.69) is 12.2 Å². The number of rotatable bonds is 5. The van der Waals surface area contributed by atoms with Crippen molar-refractivity contribution in [2.45, 2.75) is 76.9 Å². The molecule has 0 spiro atoms. The Kier molecular flexibility index (Phi) is 6.06. The highest BCUT2D eigenvalue weighted by Gasteiger charge is 2.36. The molecule has 0 heterocycles. The van der Waals surface area contributed by atoms with Crippen LogP contribution in [0.2, 0.25) is 0 Å². The summed E-state index contributed by atoms with van der Waals surface area (Å²) in [7, 11) is 0. The van der Waals surface area contributed by atoms with Crippen molar-refractivity contribution in [1.29, 1.82) is 0 Å². The van der Waals surface area contributed by atoms with Crippen LogP contribution in [0.1, 0.15) is 65.2 Å². The lowest BCUT2D eigenvalue weighted by Gasteiger charge is -2.37. The first-order chi connectivity index (χ1) is 10.0. The highest BCUT2D eigenvalue weighted by molar-refractivity contribution is 5.72. The van der Waals surface area contributed by atoms with Crippen LogP contribution in [-0.2, 0) is 9.53 Å². The monoisotopic (exact) mass is 297 g/mol. The minimum Gasteiger partial charge on any atom is -0.466 e. The molecule has 122 valence electrons. The van der Waals surface area contributed by atoms with Crippen LogP contribution in [0.3, 0.4) is 0 Å². The van der Waals surface area contributed by atoms with Gasteiger partial charge in [-0.15, -0.1) is 0 Å². The van der Waals surface area contributed by atoms with E-state index >= 15 is 0 Å². The molecule has 2 N–H and O–H groups in total. The third-order valence-electron chi connectivity index (χ3n) is 5.27. The Balaban J connectivity index is 1.71. The third-order valence-corrected chi connectivity index (χ3v) is 5.27. The molecule has 0 amide bonds. The summed E-state index contributed by atoms with van der Waals surface area (Å²) in [4.78, 5) is 11.7. The van der Waals surface area contributed by atoms with Gasteiger partial charge in [0.25, 0.3) is 0 Å². The van der Waals surface area contributed by atoms with Crippen LogP contribution in [0.15, 0.2) is 0 Å². The maximum Gasteiger partial charge on any atom is 0.308 e. The van der Waals surface area contributed by atoms with E-state index < -0.39 is 5.60 Å². The minimum absolute atomic E-state index is 0.0132. The third kappa shape index (κ3) is 4.96. The lowest BCUT2D eigenvalue weighted by atomic mass is 9.78. The molecule has 0 aromatic heterocycles. The molecular weight excluding hydrogens is 266 g/mol. The standard InChI is InChI=1S/C17H31NO3/c1-3-21-16(19)14-8-10-17(20,11-9-14)12-18-15-6-4-13(2)5-7-15/h13-15,18,20H,3-12H2,1-2H3. The summed E-state index contributed by atoms with van der Waals surface area (Å²) in [6.45, 7) is 5.27. The molecular formula is C17H31NO3. The Labute approximate surface area is 128 Å². The molecule has 2 fully saturated rings. The van der Waals surface area contributed by atoms with Gasteiger partial charge < -0.3 is 15.2 Å². The van der Waals surface area contributed by atoms with Crippen molar-refractivity contribution in [3.63, 3.8) is 0 Å². The molecule has 2 aliphatic rings. The van der Waals surface area contributed by atoms with Crippen molar-refractivity contribution in [2.24, 2.45) is 11.8 Å². The summed E-state index contributed by atoms with van der Waals surface area (Å²) in [5, 5.41) is 14.2. The van der Waals surface area contributed by atoms with Gasteiger partial charge in [0.15, 0.2) is 0 Å². The number of ether oxygens (including phenoxy) is 1. The first-order valence-electron chi connectivity index (χ1n) is 8.65. The van der Waals surface area contributed by atoms with Gasteiger partial charge in [-0.25, -0.2) is 0 Å². The maximum absolute atomic E-state index is 11.7.